The van der Waals surface area contributed by atoms with E-state index in [4.69, 9.17) is 0 Å². The normalized spacial score (nSPS) is 16.4. The molecule has 0 bridgehead atoms. The van der Waals surface area contributed by atoms with Gasteiger partial charge in [0.2, 0.25) is 0 Å². The van der Waals surface area contributed by atoms with E-state index in [1.54, 1.807) is 0 Å². The zero-order valence-electron chi connectivity index (χ0n) is 11.0. The van der Waals surface area contributed by atoms with Gasteiger partial charge in [0.25, 0.3) is 0 Å². The van der Waals surface area contributed by atoms with Crippen LogP contribution in [0.4, 0.5) is 5.69 Å². The van der Waals surface area contributed by atoms with Crippen molar-refractivity contribution in [2.24, 2.45) is 5.92 Å². The van der Waals surface area contributed by atoms with Gasteiger partial charge in [0, 0.05) is 18.8 Å². The Morgan fingerprint density at radius 2 is 2.12 bits per heavy atom. The van der Waals surface area contributed by atoms with Crippen molar-refractivity contribution in [3.8, 4) is 6.07 Å². The SMILES string of the molecule is Cc1cc(N(C)C(C)C2CC2)c(C#N)c(C)n1. The molecule has 0 aromatic carbocycles. The van der Waals surface area contributed by atoms with E-state index in [0.29, 0.717) is 11.6 Å². The molecule has 0 radical (unpaired) electrons. The minimum Gasteiger partial charge on any atom is -0.370 e. The van der Waals surface area contributed by atoms with Crippen LogP contribution in [0.15, 0.2) is 6.07 Å². The van der Waals surface area contributed by atoms with E-state index in [1.807, 2.05) is 19.9 Å². The highest BCUT2D eigenvalue weighted by Gasteiger charge is 2.31. The maximum atomic E-state index is 9.26. The summed E-state index contributed by atoms with van der Waals surface area (Å²) >= 11 is 0. The Morgan fingerprint density at radius 1 is 1.47 bits per heavy atom. The fraction of sp³-hybridized carbons (Fsp3) is 0.571. The Morgan fingerprint density at radius 3 is 2.65 bits per heavy atom. The molecule has 2 rings (SSSR count). The van der Waals surface area contributed by atoms with Gasteiger partial charge in [-0.2, -0.15) is 5.26 Å². The van der Waals surface area contributed by atoms with Gasteiger partial charge in [-0.05, 0) is 45.6 Å². The van der Waals surface area contributed by atoms with E-state index in [0.717, 1.165) is 23.0 Å². The van der Waals surface area contributed by atoms with Crippen molar-refractivity contribution in [1.82, 2.24) is 4.98 Å². The largest absolute Gasteiger partial charge is 0.370 e. The van der Waals surface area contributed by atoms with Gasteiger partial charge in [-0.15, -0.1) is 0 Å². The first-order chi connectivity index (χ1) is 8.04. The van der Waals surface area contributed by atoms with E-state index in [9.17, 15) is 5.26 Å². The topological polar surface area (TPSA) is 39.9 Å². The third kappa shape index (κ3) is 2.26. The Labute approximate surface area is 103 Å². The Kier molecular flexibility index (Phi) is 3.06. The summed E-state index contributed by atoms with van der Waals surface area (Å²) < 4.78 is 0. The average Bonchev–Trinajstić information content (AvgIpc) is 3.10. The predicted molar refractivity (Wildman–Crippen MR) is 69.0 cm³/mol. The van der Waals surface area contributed by atoms with Crippen molar-refractivity contribution in [3.05, 3.63) is 23.0 Å². The minimum atomic E-state index is 0.503. The lowest BCUT2D eigenvalue weighted by molar-refractivity contribution is 0.608. The highest BCUT2D eigenvalue weighted by molar-refractivity contribution is 5.61. The zero-order valence-corrected chi connectivity index (χ0v) is 11.0. The van der Waals surface area contributed by atoms with Gasteiger partial charge >= 0.3 is 0 Å². The van der Waals surface area contributed by atoms with Crippen molar-refractivity contribution in [3.63, 3.8) is 0 Å². The van der Waals surface area contributed by atoms with Crippen LogP contribution in [0.25, 0.3) is 0 Å². The summed E-state index contributed by atoms with van der Waals surface area (Å²) in [5, 5.41) is 9.26. The number of hydrogen-bond acceptors (Lipinski definition) is 3. The average molecular weight is 229 g/mol. The summed E-state index contributed by atoms with van der Waals surface area (Å²) in [6.45, 7) is 6.13. The van der Waals surface area contributed by atoms with Gasteiger partial charge in [0.05, 0.1) is 16.9 Å². The molecule has 3 nitrogen and oxygen atoms in total. The van der Waals surface area contributed by atoms with Crippen LogP contribution in [0.2, 0.25) is 0 Å². The fourth-order valence-electron chi connectivity index (χ4n) is 2.34. The standard InChI is InChI=1S/C14H19N3/c1-9-7-14(13(8-15)10(2)16-9)17(4)11(3)12-5-6-12/h7,11-12H,5-6H2,1-4H3. The van der Waals surface area contributed by atoms with Gasteiger partial charge in [-0.25, -0.2) is 0 Å². The summed E-state index contributed by atoms with van der Waals surface area (Å²) in [5.74, 6) is 0.792. The quantitative estimate of drug-likeness (QED) is 0.800. The van der Waals surface area contributed by atoms with Crippen LogP contribution in [-0.4, -0.2) is 18.1 Å². The summed E-state index contributed by atoms with van der Waals surface area (Å²) in [7, 11) is 2.08. The van der Waals surface area contributed by atoms with Gasteiger partial charge < -0.3 is 4.90 Å². The molecule has 1 fully saturated rings. The van der Waals surface area contributed by atoms with Crippen molar-refractivity contribution in [2.75, 3.05) is 11.9 Å². The van der Waals surface area contributed by atoms with Crippen LogP contribution in [0.3, 0.4) is 0 Å². The smallest absolute Gasteiger partial charge is 0.103 e. The summed E-state index contributed by atoms with van der Waals surface area (Å²) in [6, 6.07) is 4.80. The molecule has 90 valence electrons. The molecule has 1 heterocycles. The molecule has 1 aromatic rings. The first kappa shape index (κ1) is 11.9. The van der Waals surface area contributed by atoms with Crippen LogP contribution < -0.4 is 4.90 Å². The van der Waals surface area contributed by atoms with E-state index < -0.39 is 0 Å². The molecule has 1 aliphatic rings. The molecular formula is C14H19N3. The molecule has 17 heavy (non-hydrogen) atoms. The van der Waals surface area contributed by atoms with E-state index in [2.05, 4.69) is 29.9 Å². The summed E-state index contributed by atoms with van der Waals surface area (Å²) in [5.41, 5.74) is 3.55. The molecule has 0 spiro atoms. The zero-order chi connectivity index (χ0) is 12.6. The van der Waals surface area contributed by atoms with Crippen molar-refractivity contribution < 1.29 is 0 Å². The molecule has 1 saturated carbocycles. The maximum Gasteiger partial charge on any atom is 0.103 e. The number of anilines is 1. The number of nitrogens with zero attached hydrogens (tertiary/aromatic N) is 3. The van der Waals surface area contributed by atoms with Crippen molar-refractivity contribution in [1.29, 1.82) is 5.26 Å². The van der Waals surface area contributed by atoms with Crippen molar-refractivity contribution >= 4 is 5.69 Å². The van der Waals surface area contributed by atoms with Crippen molar-refractivity contribution in [2.45, 2.75) is 39.7 Å². The number of hydrogen-bond donors (Lipinski definition) is 0. The maximum absolute atomic E-state index is 9.26. The number of pyridine rings is 1. The van der Waals surface area contributed by atoms with Crippen LogP contribution in [-0.2, 0) is 0 Å². The van der Waals surface area contributed by atoms with Crippen LogP contribution in [0.1, 0.15) is 36.7 Å². The second kappa shape index (κ2) is 4.37. The van der Waals surface area contributed by atoms with Gasteiger partial charge in [-0.3, -0.25) is 4.98 Å². The lowest BCUT2D eigenvalue weighted by Crippen LogP contribution is -2.31. The number of aryl methyl sites for hydroxylation is 2. The minimum absolute atomic E-state index is 0.503. The summed E-state index contributed by atoms with van der Waals surface area (Å²) in [4.78, 5) is 6.59. The highest BCUT2D eigenvalue weighted by atomic mass is 15.1. The van der Waals surface area contributed by atoms with Gasteiger partial charge in [0.15, 0.2) is 0 Å². The molecule has 0 aliphatic heterocycles. The first-order valence-electron chi connectivity index (χ1n) is 6.15. The van der Waals surface area contributed by atoms with Crippen LogP contribution >= 0.6 is 0 Å². The number of nitriles is 1. The highest BCUT2D eigenvalue weighted by Crippen LogP contribution is 2.37. The molecule has 1 atom stereocenters. The lowest BCUT2D eigenvalue weighted by atomic mass is 10.1. The van der Waals surface area contributed by atoms with Gasteiger partial charge in [0.1, 0.15) is 6.07 Å². The Balaban J connectivity index is 2.39. The monoisotopic (exact) mass is 229 g/mol. The second-order valence-electron chi connectivity index (χ2n) is 5.04. The molecular weight excluding hydrogens is 210 g/mol. The molecule has 1 aromatic heterocycles. The fourth-order valence-corrected chi connectivity index (χ4v) is 2.34. The first-order valence-corrected chi connectivity index (χ1v) is 6.15. The van der Waals surface area contributed by atoms with Gasteiger partial charge in [-0.1, -0.05) is 0 Å². The molecule has 1 unspecified atom stereocenters. The molecule has 0 saturated heterocycles. The molecule has 0 N–H and O–H groups in total. The number of rotatable bonds is 3. The second-order valence-corrected chi connectivity index (χ2v) is 5.04. The van der Waals surface area contributed by atoms with E-state index >= 15 is 0 Å². The van der Waals surface area contributed by atoms with Crippen LogP contribution in [0, 0.1) is 31.1 Å². The third-order valence-corrected chi connectivity index (χ3v) is 3.71. The number of aromatic nitrogens is 1. The molecule has 1 aliphatic carbocycles. The Hall–Kier alpha value is -1.56. The van der Waals surface area contributed by atoms with Crippen LogP contribution in [0.5, 0.6) is 0 Å². The third-order valence-electron chi connectivity index (χ3n) is 3.71. The summed E-state index contributed by atoms with van der Waals surface area (Å²) in [6.07, 6.45) is 2.63. The lowest BCUT2D eigenvalue weighted by Gasteiger charge is -2.28. The Bertz CT molecular complexity index is 469. The predicted octanol–water partition coefficient (Wildman–Crippen LogP) is 2.80. The van der Waals surface area contributed by atoms with E-state index in [1.165, 1.54) is 12.8 Å². The van der Waals surface area contributed by atoms with E-state index in [-0.39, 0.29) is 0 Å². The molecule has 0 amide bonds. The molecule has 3 heteroatoms.